The summed E-state index contributed by atoms with van der Waals surface area (Å²) in [7, 11) is 0. The molecule has 1 amide bonds. The third-order valence-electron chi connectivity index (χ3n) is 4.95. The van der Waals surface area contributed by atoms with Crippen LogP contribution in [0.3, 0.4) is 0 Å². The van der Waals surface area contributed by atoms with E-state index in [9.17, 15) is 15.3 Å². The Kier molecular flexibility index (Phi) is 5.84. The van der Waals surface area contributed by atoms with Crippen LogP contribution in [0, 0.1) is 43.4 Å². The Labute approximate surface area is 167 Å². The van der Waals surface area contributed by atoms with Gasteiger partial charge in [-0.1, -0.05) is 11.8 Å². The fraction of sp³-hybridized carbons (Fsp3) is 0.400. The molecule has 0 bridgehead atoms. The minimum atomic E-state index is -0.184. The van der Waals surface area contributed by atoms with Gasteiger partial charge in [0.1, 0.15) is 22.2 Å². The second kappa shape index (κ2) is 8.12. The van der Waals surface area contributed by atoms with Crippen molar-refractivity contribution in [3.63, 3.8) is 0 Å². The van der Waals surface area contributed by atoms with Crippen molar-refractivity contribution >= 4 is 34.0 Å². The van der Waals surface area contributed by atoms with Crippen LogP contribution in [0.25, 0.3) is 0 Å². The molecule has 0 saturated carbocycles. The summed E-state index contributed by atoms with van der Waals surface area (Å²) in [5.74, 6) is -0.0338. The highest BCUT2D eigenvalue weighted by atomic mass is 32.2. The number of anilines is 1. The van der Waals surface area contributed by atoms with Gasteiger partial charge in [0.2, 0.25) is 5.91 Å². The number of hydrogen-bond acceptors (Lipinski definition) is 6. The number of fused-ring (bicyclic) bond motifs is 1. The summed E-state index contributed by atoms with van der Waals surface area (Å²) in [5.41, 5.74) is 5.03. The quantitative estimate of drug-likeness (QED) is 0.773. The molecule has 0 radical (unpaired) electrons. The number of amides is 1. The van der Waals surface area contributed by atoms with Gasteiger partial charge in [0, 0.05) is 10.6 Å². The van der Waals surface area contributed by atoms with E-state index in [1.807, 2.05) is 20.8 Å². The Balaban J connectivity index is 1.74. The summed E-state index contributed by atoms with van der Waals surface area (Å²) in [5, 5.41) is 23.1. The number of carbonyl (C=O) groups excluding carboxylic acids is 1. The normalized spacial score (nSPS) is 12.8. The molecule has 0 spiro atoms. The average molecular weight is 397 g/mol. The van der Waals surface area contributed by atoms with Crippen LogP contribution in [0.1, 0.15) is 51.2 Å². The molecule has 0 saturated heterocycles. The lowest BCUT2D eigenvalue weighted by Gasteiger charge is -2.11. The SMILES string of the molecule is Cc1nc(SCC(=O)Nc2sc3c(c2C#N)CCCC3)c(C#N)c(C)c1C. The van der Waals surface area contributed by atoms with Crippen molar-refractivity contribution in [3.8, 4) is 12.1 Å². The minimum absolute atomic E-state index is 0.150. The molecule has 0 aliphatic heterocycles. The van der Waals surface area contributed by atoms with Crippen molar-refractivity contribution < 1.29 is 4.79 Å². The van der Waals surface area contributed by atoms with E-state index >= 15 is 0 Å². The van der Waals surface area contributed by atoms with Crippen LogP contribution in [0.5, 0.6) is 0 Å². The zero-order valence-electron chi connectivity index (χ0n) is 15.6. The Bertz CT molecular complexity index is 995. The lowest BCUT2D eigenvalue weighted by molar-refractivity contribution is -0.113. The van der Waals surface area contributed by atoms with Gasteiger partial charge in [-0.2, -0.15) is 10.5 Å². The maximum Gasteiger partial charge on any atom is 0.235 e. The number of thioether (sulfide) groups is 1. The molecular formula is C20H20N4OS2. The number of carbonyl (C=O) groups is 1. The van der Waals surface area contributed by atoms with Crippen LogP contribution in [-0.4, -0.2) is 16.6 Å². The van der Waals surface area contributed by atoms with E-state index in [2.05, 4.69) is 22.4 Å². The predicted octanol–water partition coefficient (Wildman–Crippen LogP) is 4.42. The molecule has 2 aromatic rings. The van der Waals surface area contributed by atoms with Crippen molar-refractivity contribution in [3.05, 3.63) is 38.4 Å². The van der Waals surface area contributed by atoms with E-state index in [1.54, 1.807) is 0 Å². The molecular weight excluding hydrogens is 376 g/mol. The van der Waals surface area contributed by atoms with Gasteiger partial charge >= 0.3 is 0 Å². The number of thiophene rings is 1. The summed E-state index contributed by atoms with van der Waals surface area (Å²) < 4.78 is 0. The van der Waals surface area contributed by atoms with Crippen LogP contribution in [-0.2, 0) is 17.6 Å². The van der Waals surface area contributed by atoms with Gasteiger partial charge in [-0.05, 0) is 63.1 Å². The van der Waals surface area contributed by atoms with E-state index in [0.717, 1.165) is 48.1 Å². The topological polar surface area (TPSA) is 89.6 Å². The monoisotopic (exact) mass is 396 g/mol. The molecule has 1 N–H and O–H groups in total. The molecule has 3 rings (SSSR count). The van der Waals surface area contributed by atoms with E-state index in [0.29, 0.717) is 21.2 Å². The standard InChI is InChI=1S/C20H20N4OS2/c1-11-12(2)15(8-21)19(23-13(11)3)26-10-18(25)24-20-16(9-22)14-6-4-5-7-17(14)27-20/h4-7,10H2,1-3H3,(H,24,25). The van der Waals surface area contributed by atoms with Crippen molar-refractivity contribution in [2.45, 2.75) is 51.5 Å². The minimum Gasteiger partial charge on any atom is -0.316 e. The molecule has 0 aromatic carbocycles. The third kappa shape index (κ3) is 3.85. The van der Waals surface area contributed by atoms with E-state index in [-0.39, 0.29) is 11.7 Å². The Morgan fingerprint density at radius 1 is 1.15 bits per heavy atom. The molecule has 0 fully saturated rings. The fourth-order valence-corrected chi connectivity index (χ4v) is 5.36. The number of pyridine rings is 1. The van der Waals surface area contributed by atoms with Crippen molar-refractivity contribution in [2.75, 3.05) is 11.1 Å². The second-order valence-corrected chi connectivity index (χ2v) is 8.67. The molecule has 2 heterocycles. The Hall–Kier alpha value is -2.35. The molecule has 0 unspecified atom stereocenters. The van der Waals surface area contributed by atoms with Crippen LogP contribution in [0.4, 0.5) is 5.00 Å². The smallest absolute Gasteiger partial charge is 0.235 e. The van der Waals surface area contributed by atoms with Crippen LogP contribution < -0.4 is 5.32 Å². The number of hydrogen-bond donors (Lipinski definition) is 1. The summed E-state index contributed by atoms with van der Waals surface area (Å²) >= 11 is 2.78. The van der Waals surface area contributed by atoms with Crippen molar-refractivity contribution in [1.29, 1.82) is 10.5 Å². The summed E-state index contributed by atoms with van der Waals surface area (Å²) in [6.45, 7) is 5.76. The number of nitriles is 2. The van der Waals surface area contributed by atoms with Crippen LogP contribution in [0.2, 0.25) is 0 Å². The first-order valence-electron chi connectivity index (χ1n) is 8.81. The lowest BCUT2D eigenvalue weighted by atomic mass is 9.96. The third-order valence-corrected chi connectivity index (χ3v) is 7.13. The van der Waals surface area contributed by atoms with Gasteiger partial charge in [-0.3, -0.25) is 4.79 Å². The molecule has 5 nitrogen and oxygen atoms in total. The molecule has 0 atom stereocenters. The largest absolute Gasteiger partial charge is 0.316 e. The second-order valence-electron chi connectivity index (χ2n) is 6.60. The fourth-order valence-electron chi connectivity index (χ4n) is 3.22. The van der Waals surface area contributed by atoms with Gasteiger partial charge < -0.3 is 5.32 Å². The van der Waals surface area contributed by atoms with Crippen molar-refractivity contribution in [1.82, 2.24) is 4.98 Å². The number of nitrogens with one attached hydrogen (secondary N) is 1. The van der Waals surface area contributed by atoms with Gasteiger partial charge in [0.15, 0.2) is 0 Å². The molecule has 138 valence electrons. The zero-order valence-corrected chi connectivity index (χ0v) is 17.2. The zero-order chi connectivity index (χ0) is 19.6. The number of rotatable bonds is 4. The van der Waals surface area contributed by atoms with E-state index in [1.165, 1.54) is 28.0 Å². The van der Waals surface area contributed by atoms with Gasteiger partial charge in [-0.25, -0.2) is 4.98 Å². The molecule has 1 aliphatic rings. The maximum absolute atomic E-state index is 12.5. The van der Waals surface area contributed by atoms with Crippen molar-refractivity contribution in [2.24, 2.45) is 0 Å². The van der Waals surface area contributed by atoms with Gasteiger partial charge in [-0.15, -0.1) is 11.3 Å². The van der Waals surface area contributed by atoms with Crippen LogP contribution in [0.15, 0.2) is 5.03 Å². The Morgan fingerprint density at radius 3 is 2.56 bits per heavy atom. The molecule has 1 aliphatic carbocycles. The number of aromatic nitrogens is 1. The summed E-state index contributed by atoms with van der Waals surface area (Å²) in [4.78, 5) is 18.2. The maximum atomic E-state index is 12.5. The lowest BCUT2D eigenvalue weighted by Crippen LogP contribution is -2.14. The highest BCUT2D eigenvalue weighted by Gasteiger charge is 2.22. The summed E-state index contributed by atoms with van der Waals surface area (Å²) in [6.07, 6.45) is 4.13. The Morgan fingerprint density at radius 2 is 1.85 bits per heavy atom. The highest BCUT2D eigenvalue weighted by Crippen LogP contribution is 2.37. The summed E-state index contributed by atoms with van der Waals surface area (Å²) in [6, 6.07) is 4.46. The first kappa shape index (κ1) is 19.4. The molecule has 2 aromatic heterocycles. The van der Waals surface area contributed by atoms with Crippen LogP contribution >= 0.6 is 23.1 Å². The number of aryl methyl sites for hydroxylation is 2. The molecule has 7 heteroatoms. The molecule has 27 heavy (non-hydrogen) atoms. The highest BCUT2D eigenvalue weighted by molar-refractivity contribution is 8.00. The van der Waals surface area contributed by atoms with Gasteiger partial charge in [0.05, 0.1) is 16.9 Å². The van der Waals surface area contributed by atoms with E-state index in [4.69, 9.17) is 0 Å². The first-order chi connectivity index (χ1) is 13.0. The van der Waals surface area contributed by atoms with E-state index < -0.39 is 0 Å². The first-order valence-corrected chi connectivity index (χ1v) is 10.6. The van der Waals surface area contributed by atoms with Gasteiger partial charge in [0.25, 0.3) is 0 Å². The average Bonchev–Trinajstić information content (AvgIpc) is 3.01. The predicted molar refractivity (Wildman–Crippen MR) is 108 cm³/mol. The number of nitrogens with zero attached hydrogens (tertiary/aromatic N) is 3.